The van der Waals surface area contributed by atoms with Crippen LogP contribution in [0.2, 0.25) is 0 Å². The molecule has 0 bridgehead atoms. The fourth-order valence-electron chi connectivity index (χ4n) is 3.80. The molecule has 136 valence electrons. The molecule has 1 saturated carbocycles. The third kappa shape index (κ3) is 4.11. The first-order valence-corrected chi connectivity index (χ1v) is 9.68. The zero-order valence-corrected chi connectivity index (χ0v) is 15.1. The highest BCUT2D eigenvalue weighted by molar-refractivity contribution is 5.73. The van der Waals surface area contributed by atoms with E-state index in [4.69, 9.17) is 14.7 Å². The number of amides is 1. The molecule has 3 heterocycles. The van der Waals surface area contributed by atoms with Gasteiger partial charge < -0.3 is 15.0 Å². The molecule has 0 aromatic carbocycles. The van der Waals surface area contributed by atoms with Crippen molar-refractivity contribution < 1.29 is 9.53 Å². The van der Waals surface area contributed by atoms with Crippen molar-refractivity contribution in [3.63, 3.8) is 0 Å². The van der Waals surface area contributed by atoms with E-state index in [1.165, 1.54) is 18.4 Å². The molecule has 1 amide bonds. The number of rotatable bonds is 5. The molecule has 1 aromatic rings. The zero-order chi connectivity index (χ0) is 17.2. The number of nitrogens with one attached hydrogen (secondary N) is 1. The molecule has 2 fully saturated rings. The Bertz CT molecular complexity index is 639. The largest absolute Gasteiger partial charge is 0.376 e. The van der Waals surface area contributed by atoms with Crippen molar-refractivity contribution in [2.75, 3.05) is 31.6 Å². The molecule has 0 unspecified atom stereocenters. The van der Waals surface area contributed by atoms with Crippen LogP contribution < -0.4 is 5.32 Å². The number of ether oxygens (including phenoxy) is 1. The molecular weight excluding hydrogens is 316 g/mol. The minimum absolute atomic E-state index is 0.146. The van der Waals surface area contributed by atoms with Crippen LogP contribution in [0.5, 0.6) is 0 Å². The molecular formula is C19H28N4O2. The average Bonchev–Trinajstić information content (AvgIpc) is 3.30. The second kappa shape index (κ2) is 7.28. The van der Waals surface area contributed by atoms with Gasteiger partial charge in [-0.15, -0.1) is 0 Å². The molecule has 0 radical (unpaired) electrons. The van der Waals surface area contributed by atoms with E-state index in [-0.39, 0.29) is 12.0 Å². The van der Waals surface area contributed by atoms with Crippen molar-refractivity contribution >= 4 is 11.7 Å². The Morgan fingerprint density at radius 2 is 2.08 bits per heavy atom. The molecule has 4 rings (SSSR count). The predicted molar refractivity (Wildman–Crippen MR) is 95.6 cm³/mol. The van der Waals surface area contributed by atoms with Crippen LogP contribution in [-0.2, 0) is 28.8 Å². The van der Waals surface area contributed by atoms with Gasteiger partial charge >= 0.3 is 0 Å². The lowest BCUT2D eigenvalue weighted by Crippen LogP contribution is -2.31. The van der Waals surface area contributed by atoms with Gasteiger partial charge in [0.05, 0.1) is 11.8 Å². The van der Waals surface area contributed by atoms with Gasteiger partial charge in [-0.3, -0.25) is 4.79 Å². The molecule has 2 aliphatic heterocycles. The number of hydrogen-bond donors (Lipinski definition) is 1. The van der Waals surface area contributed by atoms with E-state index in [0.717, 1.165) is 81.6 Å². The lowest BCUT2D eigenvalue weighted by Gasteiger charge is -2.18. The molecule has 1 saturated heterocycles. The summed E-state index contributed by atoms with van der Waals surface area (Å²) in [5.74, 6) is 2.85. The first-order valence-electron chi connectivity index (χ1n) is 9.68. The highest BCUT2D eigenvalue weighted by Crippen LogP contribution is 2.32. The summed E-state index contributed by atoms with van der Waals surface area (Å²) in [6, 6.07) is 0. The van der Waals surface area contributed by atoms with E-state index >= 15 is 0 Å². The van der Waals surface area contributed by atoms with Gasteiger partial charge in [0.2, 0.25) is 5.91 Å². The smallest absolute Gasteiger partial charge is 0.219 e. The van der Waals surface area contributed by atoms with E-state index in [1.807, 2.05) is 4.90 Å². The van der Waals surface area contributed by atoms with Crippen LogP contribution in [0.15, 0.2) is 0 Å². The molecule has 6 nitrogen and oxygen atoms in total. The zero-order valence-electron chi connectivity index (χ0n) is 15.1. The summed E-state index contributed by atoms with van der Waals surface area (Å²) in [5.41, 5.74) is 2.32. The number of nitrogens with zero attached hydrogens (tertiary/aromatic N) is 3. The Balaban J connectivity index is 1.55. The Morgan fingerprint density at radius 1 is 1.24 bits per heavy atom. The standard InChI is InChI=1S/C19H28N4O2/c1-13(24)23-8-6-16-17(7-9-23)21-18(11-14-4-5-14)22-19(16)20-12-15-3-2-10-25-15/h14-15H,2-12H2,1H3,(H,20,21,22)/t15-/m0/s1. The van der Waals surface area contributed by atoms with Crippen LogP contribution in [0, 0.1) is 5.92 Å². The summed E-state index contributed by atoms with van der Waals surface area (Å²) < 4.78 is 5.74. The number of hydrogen-bond acceptors (Lipinski definition) is 5. The maximum Gasteiger partial charge on any atom is 0.219 e. The van der Waals surface area contributed by atoms with Crippen molar-refractivity contribution in [3.8, 4) is 0 Å². The van der Waals surface area contributed by atoms with Crippen LogP contribution in [-0.4, -0.2) is 53.1 Å². The Morgan fingerprint density at radius 3 is 2.80 bits per heavy atom. The Kier molecular flexibility index (Phi) is 4.88. The summed E-state index contributed by atoms with van der Waals surface area (Å²) >= 11 is 0. The second-order valence-electron chi connectivity index (χ2n) is 7.58. The third-order valence-electron chi connectivity index (χ3n) is 5.52. The van der Waals surface area contributed by atoms with Crippen molar-refractivity contribution in [1.82, 2.24) is 14.9 Å². The van der Waals surface area contributed by atoms with Gasteiger partial charge in [0, 0.05) is 51.6 Å². The fourth-order valence-corrected chi connectivity index (χ4v) is 3.80. The van der Waals surface area contributed by atoms with Gasteiger partial charge in [-0.2, -0.15) is 0 Å². The minimum atomic E-state index is 0.146. The lowest BCUT2D eigenvalue weighted by atomic mass is 10.1. The van der Waals surface area contributed by atoms with E-state index in [9.17, 15) is 4.79 Å². The first-order chi connectivity index (χ1) is 12.2. The van der Waals surface area contributed by atoms with E-state index in [0.29, 0.717) is 0 Å². The van der Waals surface area contributed by atoms with E-state index in [2.05, 4.69) is 5.32 Å². The van der Waals surface area contributed by atoms with Gasteiger partial charge in [0.15, 0.2) is 0 Å². The van der Waals surface area contributed by atoms with Gasteiger partial charge in [-0.25, -0.2) is 9.97 Å². The molecule has 1 aliphatic carbocycles. The average molecular weight is 344 g/mol. The molecule has 1 aromatic heterocycles. The summed E-state index contributed by atoms with van der Waals surface area (Å²) in [5, 5.41) is 3.54. The van der Waals surface area contributed by atoms with E-state index in [1.54, 1.807) is 6.92 Å². The van der Waals surface area contributed by atoms with Crippen LogP contribution in [0.1, 0.15) is 49.7 Å². The van der Waals surface area contributed by atoms with E-state index < -0.39 is 0 Å². The maximum absolute atomic E-state index is 11.8. The molecule has 6 heteroatoms. The van der Waals surface area contributed by atoms with Crippen molar-refractivity contribution in [2.24, 2.45) is 5.92 Å². The Hall–Kier alpha value is -1.69. The highest BCUT2D eigenvalue weighted by Gasteiger charge is 2.26. The van der Waals surface area contributed by atoms with Gasteiger partial charge in [0.1, 0.15) is 11.6 Å². The van der Waals surface area contributed by atoms with Gasteiger partial charge in [0.25, 0.3) is 0 Å². The molecule has 0 spiro atoms. The molecule has 25 heavy (non-hydrogen) atoms. The second-order valence-corrected chi connectivity index (χ2v) is 7.58. The minimum Gasteiger partial charge on any atom is -0.376 e. The van der Waals surface area contributed by atoms with Gasteiger partial charge in [-0.05, 0) is 38.0 Å². The first kappa shape index (κ1) is 16.8. The van der Waals surface area contributed by atoms with Crippen molar-refractivity contribution in [1.29, 1.82) is 0 Å². The van der Waals surface area contributed by atoms with Crippen LogP contribution in [0.4, 0.5) is 5.82 Å². The quantitative estimate of drug-likeness (QED) is 0.884. The van der Waals surface area contributed by atoms with Crippen LogP contribution in [0.3, 0.4) is 0 Å². The monoisotopic (exact) mass is 344 g/mol. The fraction of sp³-hybridized carbons (Fsp3) is 0.737. The number of aromatic nitrogens is 2. The number of carbonyl (C=O) groups excluding carboxylic acids is 1. The topological polar surface area (TPSA) is 67.4 Å². The lowest BCUT2D eigenvalue weighted by molar-refractivity contribution is -0.128. The van der Waals surface area contributed by atoms with Crippen molar-refractivity contribution in [2.45, 2.75) is 58.0 Å². The van der Waals surface area contributed by atoms with Crippen molar-refractivity contribution in [3.05, 3.63) is 17.1 Å². The normalized spacial score (nSPS) is 23.2. The molecule has 1 atom stereocenters. The maximum atomic E-state index is 11.8. The SMILES string of the molecule is CC(=O)N1CCc2nc(CC3CC3)nc(NC[C@@H]3CCCO3)c2CC1. The number of carbonyl (C=O) groups is 1. The van der Waals surface area contributed by atoms with Crippen LogP contribution in [0.25, 0.3) is 0 Å². The summed E-state index contributed by atoms with van der Waals surface area (Å²) in [7, 11) is 0. The molecule has 1 N–H and O–H groups in total. The number of fused-ring (bicyclic) bond motifs is 1. The van der Waals surface area contributed by atoms with Crippen LogP contribution >= 0.6 is 0 Å². The summed E-state index contributed by atoms with van der Waals surface area (Å²) in [6.45, 7) is 4.84. The Labute approximate surface area is 149 Å². The summed E-state index contributed by atoms with van der Waals surface area (Å²) in [4.78, 5) is 23.4. The summed E-state index contributed by atoms with van der Waals surface area (Å²) in [6.07, 6.45) is 7.79. The predicted octanol–water partition coefficient (Wildman–Crippen LogP) is 1.97. The highest BCUT2D eigenvalue weighted by atomic mass is 16.5. The molecule has 3 aliphatic rings. The van der Waals surface area contributed by atoms with Gasteiger partial charge in [-0.1, -0.05) is 0 Å². The third-order valence-corrected chi connectivity index (χ3v) is 5.52. The number of anilines is 1.